The number of alkyl halides is 3. The van der Waals surface area contributed by atoms with Crippen LogP contribution in [0.1, 0.15) is 17.2 Å². The number of carbonyl (C=O) groups excluding carboxylic acids is 1. The number of piperazine rings is 1. The minimum absolute atomic E-state index is 0.0609. The Morgan fingerprint density at radius 1 is 1.22 bits per heavy atom. The van der Waals surface area contributed by atoms with Gasteiger partial charge in [0.25, 0.3) is 0 Å². The quantitative estimate of drug-likeness (QED) is 0.881. The molecular weight excluding hydrogens is 359 g/mol. The number of aryl methyl sites for hydroxylation is 1. The number of carbonyl (C=O) groups is 1. The minimum Gasteiger partial charge on any atom is -0.368 e. The van der Waals surface area contributed by atoms with Gasteiger partial charge < -0.3 is 15.1 Å². The Labute approximate surface area is 155 Å². The predicted molar refractivity (Wildman–Crippen MR) is 95.2 cm³/mol. The van der Waals surface area contributed by atoms with Gasteiger partial charge in [0.1, 0.15) is 6.04 Å². The zero-order valence-electron chi connectivity index (χ0n) is 15.2. The summed E-state index contributed by atoms with van der Waals surface area (Å²) >= 11 is 0. The van der Waals surface area contributed by atoms with Crippen LogP contribution in [-0.2, 0) is 18.0 Å². The maximum atomic E-state index is 12.9. The van der Waals surface area contributed by atoms with E-state index in [0.29, 0.717) is 31.9 Å². The smallest absolute Gasteiger partial charge is 0.368 e. The summed E-state index contributed by atoms with van der Waals surface area (Å²) in [5.41, 5.74) is 0.644. The van der Waals surface area contributed by atoms with Crippen molar-refractivity contribution in [2.75, 3.05) is 38.1 Å². The van der Waals surface area contributed by atoms with E-state index < -0.39 is 17.8 Å². The molecule has 6 nitrogen and oxygen atoms in total. The minimum atomic E-state index is -4.36. The third-order valence-electron chi connectivity index (χ3n) is 4.72. The molecule has 0 aliphatic carbocycles. The molecule has 1 aromatic heterocycles. The number of hydrogen-bond acceptors (Lipinski definition) is 4. The highest BCUT2D eigenvalue weighted by atomic mass is 19.4. The fraction of sp³-hybridized carbons (Fsp3) is 0.444. The van der Waals surface area contributed by atoms with E-state index in [4.69, 9.17) is 0 Å². The SMILES string of the molecule is CNC(C(=O)N1CCN(c2cccc(C(F)(F)F)c2)CC1)c1cnn(C)c1. The molecule has 27 heavy (non-hydrogen) atoms. The second-order valence-electron chi connectivity index (χ2n) is 6.53. The van der Waals surface area contributed by atoms with Gasteiger partial charge in [-0.2, -0.15) is 18.3 Å². The lowest BCUT2D eigenvalue weighted by Crippen LogP contribution is -2.51. The maximum Gasteiger partial charge on any atom is 0.416 e. The molecule has 1 unspecified atom stereocenters. The fourth-order valence-corrected chi connectivity index (χ4v) is 3.27. The molecule has 0 radical (unpaired) electrons. The number of amides is 1. The Kier molecular flexibility index (Phi) is 5.41. The first-order valence-corrected chi connectivity index (χ1v) is 8.66. The highest BCUT2D eigenvalue weighted by Crippen LogP contribution is 2.32. The van der Waals surface area contributed by atoms with Gasteiger partial charge in [-0.3, -0.25) is 9.48 Å². The van der Waals surface area contributed by atoms with Gasteiger partial charge >= 0.3 is 6.18 Å². The average molecular weight is 381 g/mol. The summed E-state index contributed by atoms with van der Waals surface area (Å²) in [6.07, 6.45) is -0.923. The van der Waals surface area contributed by atoms with Crippen molar-refractivity contribution in [2.45, 2.75) is 12.2 Å². The lowest BCUT2D eigenvalue weighted by molar-refractivity contribution is -0.137. The van der Waals surface area contributed by atoms with Crippen molar-refractivity contribution in [2.24, 2.45) is 7.05 Å². The van der Waals surface area contributed by atoms with E-state index in [9.17, 15) is 18.0 Å². The van der Waals surface area contributed by atoms with Crippen LogP contribution in [0.3, 0.4) is 0 Å². The largest absolute Gasteiger partial charge is 0.416 e. The van der Waals surface area contributed by atoms with Crippen LogP contribution < -0.4 is 10.2 Å². The number of likely N-dealkylation sites (N-methyl/N-ethyl adjacent to an activating group) is 1. The summed E-state index contributed by atoms with van der Waals surface area (Å²) in [7, 11) is 3.50. The summed E-state index contributed by atoms with van der Waals surface area (Å²) in [6.45, 7) is 1.87. The number of rotatable bonds is 4. The van der Waals surface area contributed by atoms with Crippen LogP contribution in [0.4, 0.5) is 18.9 Å². The maximum absolute atomic E-state index is 12.9. The van der Waals surface area contributed by atoms with Gasteiger partial charge in [0, 0.05) is 50.7 Å². The highest BCUT2D eigenvalue weighted by molar-refractivity contribution is 5.83. The number of hydrogen-bond donors (Lipinski definition) is 1. The molecular formula is C18H22F3N5O. The van der Waals surface area contributed by atoms with Gasteiger partial charge in [-0.25, -0.2) is 0 Å². The van der Waals surface area contributed by atoms with Gasteiger partial charge in [0.05, 0.1) is 11.8 Å². The summed E-state index contributed by atoms with van der Waals surface area (Å²) in [6, 6.07) is 4.81. The molecule has 2 heterocycles. The number of anilines is 1. The number of nitrogens with one attached hydrogen (secondary N) is 1. The second kappa shape index (κ2) is 7.59. The molecule has 0 saturated carbocycles. The summed E-state index contributed by atoms with van der Waals surface area (Å²) < 4.78 is 40.4. The standard InChI is InChI=1S/C18H22F3N5O/c1-22-16(13-11-23-24(2)12-13)17(27)26-8-6-25(7-9-26)15-5-3-4-14(10-15)18(19,20)21/h3-5,10-12,16,22H,6-9H2,1-2H3. The van der Waals surface area contributed by atoms with Crippen molar-refractivity contribution in [1.82, 2.24) is 20.0 Å². The number of nitrogens with zero attached hydrogens (tertiary/aromatic N) is 4. The van der Waals surface area contributed by atoms with E-state index in [1.165, 1.54) is 6.07 Å². The van der Waals surface area contributed by atoms with Crippen molar-refractivity contribution in [1.29, 1.82) is 0 Å². The molecule has 9 heteroatoms. The molecule has 146 valence electrons. The van der Waals surface area contributed by atoms with E-state index in [0.717, 1.165) is 17.7 Å². The zero-order valence-corrected chi connectivity index (χ0v) is 15.2. The Bertz CT molecular complexity index is 796. The van der Waals surface area contributed by atoms with E-state index in [2.05, 4.69) is 10.4 Å². The van der Waals surface area contributed by atoms with Gasteiger partial charge in [-0.05, 0) is 25.2 Å². The summed E-state index contributed by atoms with van der Waals surface area (Å²) in [5.74, 6) is -0.0609. The number of aromatic nitrogens is 2. The number of benzene rings is 1. The molecule has 1 aliphatic heterocycles. The zero-order chi connectivity index (χ0) is 19.6. The normalized spacial score (nSPS) is 16.5. The van der Waals surface area contributed by atoms with Crippen molar-refractivity contribution >= 4 is 11.6 Å². The first kappa shape index (κ1) is 19.2. The highest BCUT2D eigenvalue weighted by Gasteiger charge is 2.32. The summed E-state index contributed by atoms with van der Waals surface area (Å²) in [5, 5.41) is 7.11. The molecule has 1 aromatic carbocycles. The van der Waals surface area contributed by atoms with Crippen molar-refractivity contribution in [3.05, 3.63) is 47.8 Å². The molecule has 1 saturated heterocycles. The molecule has 1 amide bonds. The van der Waals surface area contributed by atoms with Crippen molar-refractivity contribution < 1.29 is 18.0 Å². The van der Waals surface area contributed by atoms with Gasteiger partial charge in [-0.15, -0.1) is 0 Å². The number of halogens is 3. The van der Waals surface area contributed by atoms with Crippen LogP contribution in [-0.4, -0.2) is 53.8 Å². The molecule has 0 bridgehead atoms. The average Bonchev–Trinajstić information content (AvgIpc) is 3.08. The van der Waals surface area contributed by atoms with E-state index in [1.807, 2.05) is 4.90 Å². The Balaban J connectivity index is 1.65. The third kappa shape index (κ3) is 4.24. The van der Waals surface area contributed by atoms with E-state index in [1.54, 1.807) is 42.1 Å². The second-order valence-corrected chi connectivity index (χ2v) is 6.53. The van der Waals surface area contributed by atoms with Crippen LogP contribution in [0.2, 0.25) is 0 Å². The van der Waals surface area contributed by atoms with Crippen LogP contribution in [0.15, 0.2) is 36.7 Å². The first-order valence-electron chi connectivity index (χ1n) is 8.66. The van der Waals surface area contributed by atoms with Crippen molar-refractivity contribution in [3.63, 3.8) is 0 Å². The lowest BCUT2D eigenvalue weighted by atomic mass is 10.1. The molecule has 1 fully saturated rings. The fourth-order valence-electron chi connectivity index (χ4n) is 3.27. The van der Waals surface area contributed by atoms with Gasteiger partial charge in [0.2, 0.25) is 5.91 Å². The van der Waals surface area contributed by atoms with Crippen LogP contribution in [0.25, 0.3) is 0 Å². The predicted octanol–water partition coefficient (Wildman–Crippen LogP) is 2.05. The van der Waals surface area contributed by atoms with E-state index >= 15 is 0 Å². The lowest BCUT2D eigenvalue weighted by Gasteiger charge is -2.37. The van der Waals surface area contributed by atoms with Gasteiger partial charge in [0.15, 0.2) is 0 Å². The third-order valence-corrected chi connectivity index (χ3v) is 4.72. The van der Waals surface area contributed by atoms with Crippen LogP contribution in [0, 0.1) is 0 Å². The first-order chi connectivity index (χ1) is 12.8. The Hall–Kier alpha value is -2.55. The Morgan fingerprint density at radius 3 is 2.48 bits per heavy atom. The topological polar surface area (TPSA) is 53.4 Å². The molecule has 2 aromatic rings. The van der Waals surface area contributed by atoms with E-state index in [-0.39, 0.29) is 5.91 Å². The summed E-state index contributed by atoms with van der Waals surface area (Å²) in [4.78, 5) is 16.4. The van der Waals surface area contributed by atoms with Crippen LogP contribution in [0.5, 0.6) is 0 Å². The van der Waals surface area contributed by atoms with Gasteiger partial charge in [-0.1, -0.05) is 6.07 Å². The molecule has 0 spiro atoms. The molecule has 1 aliphatic rings. The Morgan fingerprint density at radius 2 is 1.93 bits per heavy atom. The molecule has 3 rings (SSSR count). The molecule has 1 atom stereocenters. The monoisotopic (exact) mass is 381 g/mol. The molecule has 1 N–H and O–H groups in total. The van der Waals surface area contributed by atoms with Crippen LogP contribution >= 0.6 is 0 Å². The van der Waals surface area contributed by atoms with Crippen molar-refractivity contribution in [3.8, 4) is 0 Å².